The first-order valence-electron chi connectivity index (χ1n) is 6.41. The molecule has 0 aromatic heterocycles. The van der Waals surface area contributed by atoms with E-state index in [2.05, 4.69) is 15.6 Å². The highest BCUT2D eigenvalue weighted by atomic mass is 16.7. The predicted octanol–water partition coefficient (Wildman–Crippen LogP) is 1.16. The largest absolute Gasteiger partial charge is 0.454 e. The van der Waals surface area contributed by atoms with Gasteiger partial charge in [-0.1, -0.05) is 6.07 Å². The number of aliphatic imine (C=N–C) groups is 1. The molecule has 2 N–H and O–H groups in total. The summed E-state index contributed by atoms with van der Waals surface area (Å²) in [5.41, 5.74) is 1.00. The van der Waals surface area contributed by atoms with Gasteiger partial charge in [-0.2, -0.15) is 0 Å². The van der Waals surface area contributed by atoms with Gasteiger partial charge in [-0.05, 0) is 24.6 Å². The molecule has 0 aliphatic carbocycles. The second-order valence-corrected chi connectivity index (χ2v) is 4.33. The van der Waals surface area contributed by atoms with Crippen molar-refractivity contribution in [2.75, 3.05) is 19.9 Å². The van der Waals surface area contributed by atoms with Crippen molar-refractivity contribution >= 4 is 12.1 Å². The molecule has 7 heteroatoms. The van der Waals surface area contributed by atoms with E-state index in [0.717, 1.165) is 17.1 Å². The van der Waals surface area contributed by atoms with Crippen molar-refractivity contribution in [2.24, 2.45) is 4.99 Å². The zero-order chi connectivity index (χ0) is 13.9. The van der Waals surface area contributed by atoms with Crippen LogP contribution in [0, 0.1) is 0 Å². The Morgan fingerprint density at radius 2 is 2.35 bits per heavy atom. The van der Waals surface area contributed by atoms with Crippen LogP contribution in [0.5, 0.6) is 11.5 Å². The highest BCUT2D eigenvalue weighted by Gasteiger charge is 2.22. The van der Waals surface area contributed by atoms with Crippen LogP contribution in [0.25, 0.3) is 0 Å². The van der Waals surface area contributed by atoms with Crippen LogP contribution < -0.4 is 20.1 Å². The topological polar surface area (TPSA) is 81.2 Å². The number of alkyl carbamates (subject to hydrolysis) is 1. The summed E-state index contributed by atoms with van der Waals surface area (Å²) in [6.07, 6.45) is -0.509. The van der Waals surface area contributed by atoms with Gasteiger partial charge in [0.1, 0.15) is 0 Å². The molecule has 106 valence electrons. The molecule has 20 heavy (non-hydrogen) atoms. The van der Waals surface area contributed by atoms with Crippen molar-refractivity contribution in [3.05, 3.63) is 23.8 Å². The van der Waals surface area contributed by atoms with Crippen LogP contribution in [0.1, 0.15) is 18.5 Å². The maximum atomic E-state index is 11.3. The normalized spacial score (nSPS) is 19.2. The molecule has 3 rings (SSSR count). The molecule has 0 fully saturated rings. The van der Waals surface area contributed by atoms with Gasteiger partial charge in [-0.15, -0.1) is 0 Å². The standard InChI is InChI=1S/C13H15N3O4/c1-2-18-13(17)16-12-14-6-9(15-12)8-3-4-10-11(5-8)20-7-19-10/h3-5,9H,2,6-7H2,1H3,(H2,14,15,16,17). The third kappa shape index (κ3) is 2.47. The number of rotatable bonds is 2. The Kier molecular flexibility index (Phi) is 3.32. The third-order valence-electron chi connectivity index (χ3n) is 3.03. The Morgan fingerprint density at radius 1 is 1.50 bits per heavy atom. The lowest BCUT2D eigenvalue weighted by Gasteiger charge is -2.06. The van der Waals surface area contributed by atoms with Crippen LogP contribution in [-0.4, -0.2) is 32.0 Å². The first kappa shape index (κ1) is 12.6. The van der Waals surface area contributed by atoms with E-state index in [1.54, 1.807) is 6.92 Å². The highest BCUT2D eigenvalue weighted by Crippen LogP contribution is 2.35. The fourth-order valence-electron chi connectivity index (χ4n) is 2.09. The Balaban J connectivity index is 1.69. The lowest BCUT2D eigenvalue weighted by Crippen LogP contribution is -2.38. The first-order valence-corrected chi connectivity index (χ1v) is 6.41. The molecule has 0 saturated carbocycles. The number of nitrogens with one attached hydrogen (secondary N) is 2. The van der Waals surface area contributed by atoms with Crippen LogP contribution in [0.15, 0.2) is 23.2 Å². The summed E-state index contributed by atoms with van der Waals surface area (Å²) in [6, 6.07) is 5.65. The van der Waals surface area contributed by atoms with Gasteiger partial charge in [-0.25, -0.2) is 9.79 Å². The number of ether oxygens (including phenoxy) is 3. The summed E-state index contributed by atoms with van der Waals surface area (Å²) in [5.74, 6) is 1.89. The summed E-state index contributed by atoms with van der Waals surface area (Å²) in [5, 5.41) is 5.58. The molecule has 2 heterocycles. The minimum atomic E-state index is -0.509. The lowest BCUT2D eigenvalue weighted by molar-refractivity contribution is 0.157. The van der Waals surface area contributed by atoms with Crippen LogP contribution in [-0.2, 0) is 4.74 Å². The molecule has 0 saturated heterocycles. The van der Waals surface area contributed by atoms with Gasteiger partial charge in [0.25, 0.3) is 0 Å². The zero-order valence-electron chi connectivity index (χ0n) is 11.0. The number of nitrogens with zero attached hydrogens (tertiary/aromatic N) is 1. The summed E-state index contributed by atoms with van der Waals surface area (Å²) in [6.45, 7) is 2.94. The number of carbonyl (C=O) groups is 1. The number of benzene rings is 1. The minimum absolute atomic E-state index is 0.0681. The van der Waals surface area contributed by atoms with Gasteiger partial charge >= 0.3 is 6.09 Å². The number of amides is 1. The monoisotopic (exact) mass is 277 g/mol. The van der Waals surface area contributed by atoms with E-state index >= 15 is 0 Å². The van der Waals surface area contributed by atoms with E-state index in [-0.39, 0.29) is 12.8 Å². The number of hydrogen-bond acceptors (Lipinski definition) is 6. The third-order valence-corrected chi connectivity index (χ3v) is 3.03. The molecule has 0 spiro atoms. The average molecular weight is 277 g/mol. The molecule has 0 radical (unpaired) electrons. The van der Waals surface area contributed by atoms with E-state index in [1.165, 1.54) is 0 Å². The molecule has 1 aromatic carbocycles. The smallest absolute Gasteiger partial charge is 0.413 e. The first-order chi connectivity index (χ1) is 9.76. The molecule has 1 atom stereocenters. The maximum Gasteiger partial charge on any atom is 0.413 e. The van der Waals surface area contributed by atoms with Crippen molar-refractivity contribution in [3.8, 4) is 11.5 Å². The molecular weight excluding hydrogens is 262 g/mol. The molecule has 2 aliphatic rings. The summed E-state index contributed by atoms with van der Waals surface area (Å²) < 4.78 is 15.4. The Morgan fingerprint density at radius 3 is 3.20 bits per heavy atom. The number of guanidine groups is 1. The van der Waals surface area contributed by atoms with E-state index in [9.17, 15) is 4.79 Å². The number of fused-ring (bicyclic) bond motifs is 1. The Hall–Kier alpha value is -2.44. The van der Waals surface area contributed by atoms with Crippen molar-refractivity contribution in [1.29, 1.82) is 0 Å². The van der Waals surface area contributed by atoms with Crippen molar-refractivity contribution in [1.82, 2.24) is 10.6 Å². The zero-order valence-corrected chi connectivity index (χ0v) is 11.0. The lowest BCUT2D eigenvalue weighted by atomic mass is 10.1. The van der Waals surface area contributed by atoms with Gasteiger partial charge in [-0.3, -0.25) is 5.32 Å². The Labute approximate surface area is 115 Å². The summed E-state index contributed by atoms with van der Waals surface area (Å²) in [4.78, 5) is 15.7. The summed E-state index contributed by atoms with van der Waals surface area (Å²) >= 11 is 0. The molecule has 2 aliphatic heterocycles. The van der Waals surface area contributed by atoms with E-state index < -0.39 is 6.09 Å². The van der Waals surface area contributed by atoms with E-state index in [4.69, 9.17) is 14.2 Å². The van der Waals surface area contributed by atoms with Crippen molar-refractivity contribution in [2.45, 2.75) is 13.0 Å². The fourth-order valence-corrected chi connectivity index (χ4v) is 2.09. The van der Waals surface area contributed by atoms with Gasteiger partial charge in [0, 0.05) is 6.54 Å². The van der Waals surface area contributed by atoms with Crippen LogP contribution in [0.2, 0.25) is 0 Å². The molecular formula is C13H15N3O4. The van der Waals surface area contributed by atoms with Gasteiger partial charge < -0.3 is 19.5 Å². The highest BCUT2D eigenvalue weighted by molar-refractivity contribution is 5.94. The maximum absolute atomic E-state index is 11.3. The predicted molar refractivity (Wildman–Crippen MR) is 70.9 cm³/mol. The summed E-state index contributed by atoms with van der Waals surface area (Å²) in [7, 11) is 0. The minimum Gasteiger partial charge on any atom is -0.454 e. The van der Waals surface area contributed by atoms with Gasteiger partial charge in [0.2, 0.25) is 12.8 Å². The second kappa shape index (κ2) is 5.28. The number of carbonyl (C=O) groups excluding carboxylic acids is 1. The number of hydrogen-bond donors (Lipinski definition) is 2. The van der Waals surface area contributed by atoms with Crippen LogP contribution in [0.4, 0.5) is 4.79 Å². The van der Waals surface area contributed by atoms with Crippen molar-refractivity contribution < 1.29 is 19.0 Å². The molecule has 0 bridgehead atoms. The second-order valence-electron chi connectivity index (χ2n) is 4.33. The van der Waals surface area contributed by atoms with E-state index in [1.807, 2.05) is 18.2 Å². The molecule has 1 unspecified atom stereocenters. The molecule has 7 nitrogen and oxygen atoms in total. The van der Waals surface area contributed by atoms with Crippen LogP contribution in [0.3, 0.4) is 0 Å². The fraction of sp³-hybridized carbons (Fsp3) is 0.385. The van der Waals surface area contributed by atoms with Crippen LogP contribution >= 0.6 is 0 Å². The molecule has 1 aromatic rings. The van der Waals surface area contributed by atoms with Gasteiger partial charge in [0.05, 0.1) is 12.6 Å². The average Bonchev–Trinajstić information content (AvgIpc) is 3.06. The SMILES string of the molecule is CCOC(=O)NC1=NC(c2ccc3c(c2)OCO3)CN1. The van der Waals surface area contributed by atoms with Crippen molar-refractivity contribution in [3.63, 3.8) is 0 Å². The quantitative estimate of drug-likeness (QED) is 0.848. The molecule has 1 amide bonds. The van der Waals surface area contributed by atoms with Gasteiger partial charge in [0.15, 0.2) is 11.5 Å². The Bertz CT molecular complexity index is 559. The van der Waals surface area contributed by atoms with E-state index in [0.29, 0.717) is 19.1 Å².